The lowest BCUT2D eigenvalue weighted by molar-refractivity contribution is -0.120. The minimum Gasteiger partial charge on any atom is -0.341 e. The maximum Gasteiger partial charge on any atom is 0.227 e. The molecule has 1 fully saturated rings. The molecule has 2 heterocycles. The Morgan fingerprint density at radius 1 is 1.21 bits per heavy atom. The van der Waals surface area contributed by atoms with Crippen molar-refractivity contribution in [1.29, 1.82) is 0 Å². The highest BCUT2D eigenvalue weighted by molar-refractivity contribution is 5.92. The Morgan fingerprint density at radius 3 is 2.62 bits per heavy atom. The van der Waals surface area contributed by atoms with Gasteiger partial charge in [0, 0.05) is 42.7 Å². The molecule has 0 unspecified atom stereocenters. The smallest absolute Gasteiger partial charge is 0.227 e. The fourth-order valence-electron chi connectivity index (χ4n) is 2.75. The summed E-state index contributed by atoms with van der Waals surface area (Å²) in [5.74, 6) is -1.57. The largest absolute Gasteiger partial charge is 0.341 e. The molecule has 0 aliphatic carbocycles. The topological polar surface area (TPSA) is 58.1 Å². The number of carbonyl (C=O) groups is 1. The maximum atomic E-state index is 13.2. The molecule has 7 heteroatoms. The number of hydrogen-bond acceptors (Lipinski definition) is 4. The zero-order chi connectivity index (χ0) is 17.1. The van der Waals surface area contributed by atoms with Gasteiger partial charge in [-0.2, -0.15) is 0 Å². The van der Waals surface area contributed by atoms with E-state index in [9.17, 15) is 13.6 Å². The summed E-state index contributed by atoms with van der Waals surface area (Å²) < 4.78 is 26.1. The Kier molecular flexibility index (Phi) is 4.69. The van der Waals surface area contributed by atoms with Crippen molar-refractivity contribution in [3.8, 4) is 0 Å². The highest BCUT2D eigenvalue weighted by Gasteiger charge is 2.26. The first-order chi connectivity index (χ1) is 11.5. The molecule has 1 aliphatic rings. The molecule has 5 nitrogen and oxygen atoms in total. The Labute approximate surface area is 138 Å². The summed E-state index contributed by atoms with van der Waals surface area (Å²) in [4.78, 5) is 23.0. The highest BCUT2D eigenvalue weighted by Crippen LogP contribution is 2.22. The van der Waals surface area contributed by atoms with Gasteiger partial charge in [-0.15, -0.1) is 0 Å². The van der Waals surface area contributed by atoms with Crippen LogP contribution in [-0.4, -0.2) is 29.0 Å². The molecular weight excluding hydrogens is 314 g/mol. The van der Waals surface area contributed by atoms with Crippen LogP contribution in [0.5, 0.6) is 0 Å². The number of nitrogens with zero attached hydrogens (tertiary/aromatic N) is 3. The van der Waals surface area contributed by atoms with Crippen molar-refractivity contribution in [3.05, 3.63) is 47.8 Å². The SMILES string of the molecule is Cc1ccnc(N2CCC(C(=O)Nc3ccc(F)c(F)c3)CC2)n1. The van der Waals surface area contributed by atoms with E-state index < -0.39 is 11.6 Å². The predicted octanol–water partition coefficient (Wildman–Crippen LogP) is 2.92. The summed E-state index contributed by atoms with van der Waals surface area (Å²) in [6.07, 6.45) is 3.04. The van der Waals surface area contributed by atoms with Crippen LogP contribution in [0, 0.1) is 24.5 Å². The summed E-state index contributed by atoms with van der Waals surface area (Å²) in [7, 11) is 0. The third-order valence-electron chi connectivity index (χ3n) is 4.12. The molecule has 1 saturated heterocycles. The fourth-order valence-corrected chi connectivity index (χ4v) is 2.75. The minimum absolute atomic E-state index is 0.167. The first-order valence-corrected chi connectivity index (χ1v) is 7.83. The van der Waals surface area contributed by atoms with Crippen molar-refractivity contribution in [2.45, 2.75) is 19.8 Å². The van der Waals surface area contributed by atoms with Gasteiger partial charge in [0.05, 0.1) is 0 Å². The Hall–Kier alpha value is -2.57. The minimum atomic E-state index is -0.973. The molecule has 0 bridgehead atoms. The number of nitrogens with one attached hydrogen (secondary N) is 1. The molecule has 24 heavy (non-hydrogen) atoms. The molecular formula is C17H18F2N4O. The van der Waals surface area contributed by atoms with Gasteiger partial charge in [-0.05, 0) is 38.0 Å². The molecule has 1 aromatic heterocycles. The van der Waals surface area contributed by atoms with Crippen LogP contribution < -0.4 is 10.2 Å². The average Bonchev–Trinajstić information content (AvgIpc) is 2.58. The van der Waals surface area contributed by atoms with E-state index in [4.69, 9.17) is 0 Å². The third-order valence-corrected chi connectivity index (χ3v) is 4.12. The van der Waals surface area contributed by atoms with E-state index in [0.29, 0.717) is 31.9 Å². The van der Waals surface area contributed by atoms with E-state index in [0.717, 1.165) is 17.8 Å². The van der Waals surface area contributed by atoms with Crippen LogP contribution in [-0.2, 0) is 4.79 Å². The second-order valence-corrected chi connectivity index (χ2v) is 5.88. The van der Waals surface area contributed by atoms with Crippen LogP contribution >= 0.6 is 0 Å². The number of carbonyl (C=O) groups excluding carboxylic acids is 1. The second kappa shape index (κ2) is 6.90. The number of hydrogen-bond donors (Lipinski definition) is 1. The van der Waals surface area contributed by atoms with Gasteiger partial charge in [0.15, 0.2) is 11.6 Å². The summed E-state index contributed by atoms with van der Waals surface area (Å²) in [5, 5.41) is 2.65. The van der Waals surface area contributed by atoms with Crippen molar-refractivity contribution in [2.24, 2.45) is 5.92 Å². The molecule has 0 saturated carbocycles. The van der Waals surface area contributed by atoms with Crippen molar-refractivity contribution < 1.29 is 13.6 Å². The number of halogens is 2. The molecule has 1 amide bonds. The van der Waals surface area contributed by atoms with Crippen LogP contribution in [0.3, 0.4) is 0 Å². The average molecular weight is 332 g/mol. The first kappa shape index (κ1) is 16.3. The van der Waals surface area contributed by atoms with Gasteiger partial charge in [-0.1, -0.05) is 0 Å². The molecule has 1 N–H and O–H groups in total. The summed E-state index contributed by atoms with van der Waals surface area (Å²) in [6, 6.07) is 5.18. The Bertz CT molecular complexity index is 745. The van der Waals surface area contributed by atoms with Gasteiger partial charge in [0.1, 0.15) is 0 Å². The van der Waals surface area contributed by atoms with Crippen molar-refractivity contribution in [2.75, 3.05) is 23.3 Å². The van der Waals surface area contributed by atoms with Crippen molar-refractivity contribution >= 4 is 17.5 Å². The molecule has 0 radical (unpaired) electrons. The molecule has 126 valence electrons. The highest BCUT2D eigenvalue weighted by atomic mass is 19.2. The monoisotopic (exact) mass is 332 g/mol. The number of aromatic nitrogens is 2. The zero-order valence-electron chi connectivity index (χ0n) is 13.3. The molecule has 0 atom stereocenters. The van der Waals surface area contributed by atoms with Crippen LogP contribution in [0.25, 0.3) is 0 Å². The molecule has 1 aliphatic heterocycles. The number of benzene rings is 1. The first-order valence-electron chi connectivity index (χ1n) is 7.83. The van der Waals surface area contributed by atoms with Crippen molar-refractivity contribution in [1.82, 2.24) is 9.97 Å². The molecule has 0 spiro atoms. The van der Waals surface area contributed by atoms with Crippen LogP contribution in [0.15, 0.2) is 30.5 Å². The van der Waals surface area contributed by atoms with E-state index in [1.807, 2.05) is 17.9 Å². The quantitative estimate of drug-likeness (QED) is 0.939. The van der Waals surface area contributed by atoms with Gasteiger partial charge < -0.3 is 10.2 Å². The van der Waals surface area contributed by atoms with E-state index in [-0.39, 0.29) is 17.5 Å². The van der Waals surface area contributed by atoms with Gasteiger partial charge in [-0.3, -0.25) is 4.79 Å². The lowest BCUT2D eigenvalue weighted by Gasteiger charge is -2.31. The third kappa shape index (κ3) is 3.67. The second-order valence-electron chi connectivity index (χ2n) is 5.88. The summed E-state index contributed by atoms with van der Waals surface area (Å²) in [6.45, 7) is 3.27. The Morgan fingerprint density at radius 2 is 1.96 bits per heavy atom. The molecule has 3 rings (SSSR count). The fraction of sp³-hybridized carbons (Fsp3) is 0.353. The van der Waals surface area contributed by atoms with E-state index in [1.165, 1.54) is 6.07 Å². The normalized spacial score (nSPS) is 15.4. The van der Waals surface area contributed by atoms with E-state index >= 15 is 0 Å². The van der Waals surface area contributed by atoms with Crippen LogP contribution in [0.1, 0.15) is 18.5 Å². The van der Waals surface area contributed by atoms with Crippen molar-refractivity contribution in [3.63, 3.8) is 0 Å². The number of anilines is 2. The van der Waals surface area contributed by atoms with Crippen LogP contribution in [0.4, 0.5) is 20.4 Å². The zero-order valence-corrected chi connectivity index (χ0v) is 13.3. The molecule has 1 aromatic carbocycles. The summed E-state index contributed by atoms with van der Waals surface area (Å²) >= 11 is 0. The van der Waals surface area contributed by atoms with Crippen LogP contribution in [0.2, 0.25) is 0 Å². The predicted molar refractivity (Wildman–Crippen MR) is 86.7 cm³/mol. The van der Waals surface area contributed by atoms with Gasteiger partial charge in [0.25, 0.3) is 0 Å². The number of rotatable bonds is 3. The van der Waals surface area contributed by atoms with Gasteiger partial charge in [-0.25, -0.2) is 18.7 Å². The number of amides is 1. The van der Waals surface area contributed by atoms with E-state index in [2.05, 4.69) is 15.3 Å². The standard InChI is InChI=1S/C17H18F2N4O/c1-11-4-7-20-17(21-11)23-8-5-12(6-9-23)16(24)22-13-2-3-14(18)15(19)10-13/h2-4,7,10,12H,5-6,8-9H2,1H3,(H,22,24). The lowest BCUT2D eigenvalue weighted by atomic mass is 9.96. The van der Waals surface area contributed by atoms with Gasteiger partial charge in [0.2, 0.25) is 11.9 Å². The Balaban J connectivity index is 1.58. The number of piperidine rings is 1. The maximum absolute atomic E-state index is 13.2. The molecule has 2 aromatic rings. The summed E-state index contributed by atoms with van der Waals surface area (Å²) in [5.41, 5.74) is 1.17. The van der Waals surface area contributed by atoms with E-state index in [1.54, 1.807) is 6.20 Å². The number of aryl methyl sites for hydroxylation is 1. The lowest BCUT2D eigenvalue weighted by Crippen LogP contribution is -2.39. The van der Waals surface area contributed by atoms with Gasteiger partial charge >= 0.3 is 0 Å².